The summed E-state index contributed by atoms with van der Waals surface area (Å²) in [6.07, 6.45) is 1.11. The molecule has 134 valence electrons. The van der Waals surface area contributed by atoms with E-state index in [0.717, 1.165) is 31.7 Å². The van der Waals surface area contributed by atoms with Crippen LogP contribution in [-0.2, 0) is 14.8 Å². The van der Waals surface area contributed by atoms with Gasteiger partial charge in [0, 0.05) is 10.2 Å². The smallest absolute Gasteiger partial charge is 0.245 e. The number of carbonyl (C=O) groups is 1. The van der Waals surface area contributed by atoms with Gasteiger partial charge in [-0.1, -0.05) is 34.1 Å². The summed E-state index contributed by atoms with van der Waals surface area (Å²) in [6.45, 7) is 5.30. The number of carbonyl (C=O) groups excluding carboxylic acids is 1. The second-order valence-corrected chi connectivity index (χ2v) is 8.78. The molecule has 0 aromatic heterocycles. The lowest BCUT2D eigenvalue weighted by atomic mass is 10.1. The van der Waals surface area contributed by atoms with Crippen LogP contribution in [0.2, 0.25) is 0 Å². The second-order valence-electron chi connectivity index (χ2n) is 6.02. The number of amides is 1. The van der Waals surface area contributed by atoms with Crippen LogP contribution in [0, 0.1) is 20.8 Å². The van der Waals surface area contributed by atoms with Gasteiger partial charge < -0.3 is 5.32 Å². The first-order valence-corrected chi connectivity index (χ1v) is 10.3. The number of anilines is 2. The van der Waals surface area contributed by atoms with Gasteiger partial charge in [0.25, 0.3) is 0 Å². The molecule has 0 aliphatic carbocycles. The minimum Gasteiger partial charge on any atom is -0.325 e. The first kappa shape index (κ1) is 19.5. The van der Waals surface area contributed by atoms with E-state index in [9.17, 15) is 13.2 Å². The minimum atomic E-state index is -3.60. The van der Waals surface area contributed by atoms with Crippen LogP contribution in [0.25, 0.3) is 0 Å². The van der Waals surface area contributed by atoms with Crippen LogP contribution in [0.5, 0.6) is 0 Å². The lowest BCUT2D eigenvalue weighted by Crippen LogP contribution is -2.38. The molecule has 0 unspecified atom stereocenters. The Morgan fingerprint density at radius 1 is 1.08 bits per heavy atom. The topological polar surface area (TPSA) is 66.5 Å². The molecule has 0 fully saturated rings. The molecule has 0 radical (unpaired) electrons. The molecule has 2 aromatic rings. The number of sulfonamides is 1. The number of rotatable bonds is 5. The molecule has 25 heavy (non-hydrogen) atoms. The highest BCUT2D eigenvalue weighted by atomic mass is 79.9. The molecule has 1 N–H and O–H groups in total. The molecule has 0 spiro atoms. The first-order chi connectivity index (χ1) is 11.6. The molecular weight excluding hydrogens is 404 g/mol. The van der Waals surface area contributed by atoms with Crippen molar-refractivity contribution in [2.45, 2.75) is 20.8 Å². The first-order valence-electron chi connectivity index (χ1n) is 7.69. The average Bonchev–Trinajstić information content (AvgIpc) is 2.49. The summed E-state index contributed by atoms with van der Waals surface area (Å²) in [7, 11) is -3.60. The molecule has 0 saturated heterocycles. The number of benzene rings is 2. The predicted molar refractivity (Wildman–Crippen MR) is 106 cm³/mol. The lowest BCUT2D eigenvalue weighted by Gasteiger charge is -2.25. The number of para-hydroxylation sites is 1. The molecule has 7 heteroatoms. The van der Waals surface area contributed by atoms with Crippen molar-refractivity contribution in [3.63, 3.8) is 0 Å². The van der Waals surface area contributed by atoms with E-state index in [4.69, 9.17) is 0 Å². The van der Waals surface area contributed by atoms with Crippen molar-refractivity contribution in [2.24, 2.45) is 0 Å². The van der Waals surface area contributed by atoms with E-state index < -0.39 is 15.9 Å². The largest absolute Gasteiger partial charge is 0.325 e. The zero-order valence-corrected chi connectivity index (χ0v) is 17.0. The average molecular weight is 425 g/mol. The minimum absolute atomic E-state index is 0.278. The number of halogens is 1. The summed E-state index contributed by atoms with van der Waals surface area (Å²) < 4.78 is 26.6. The fraction of sp³-hybridized carbons (Fsp3) is 0.278. The van der Waals surface area contributed by atoms with Crippen LogP contribution in [0.3, 0.4) is 0 Å². The van der Waals surface area contributed by atoms with Gasteiger partial charge in [-0.25, -0.2) is 8.42 Å². The van der Waals surface area contributed by atoms with Crippen LogP contribution in [0.15, 0.2) is 40.9 Å². The second kappa shape index (κ2) is 7.58. The van der Waals surface area contributed by atoms with E-state index in [1.165, 1.54) is 0 Å². The molecule has 2 aromatic carbocycles. The Balaban J connectivity index is 2.29. The quantitative estimate of drug-likeness (QED) is 0.793. The van der Waals surface area contributed by atoms with E-state index in [1.54, 1.807) is 6.07 Å². The van der Waals surface area contributed by atoms with E-state index in [2.05, 4.69) is 21.2 Å². The third kappa shape index (κ3) is 4.83. The molecule has 0 aliphatic rings. The molecule has 0 saturated carbocycles. The van der Waals surface area contributed by atoms with E-state index in [0.29, 0.717) is 11.4 Å². The Morgan fingerprint density at radius 3 is 2.20 bits per heavy atom. The zero-order chi connectivity index (χ0) is 18.8. The maximum absolute atomic E-state index is 12.4. The van der Waals surface area contributed by atoms with Crippen LogP contribution in [0.1, 0.15) is 16.7 Å². The van der Waals surface area contributed by atoms with E-state index in [-0.39, 0.29) is 6.54 Å². The number of hydrogen-bond donors (Lipinski definition) is 1. The predicted octanol–water partition coefficient (Wildman–Crippen LogP) is 3.78. The molecule has 2 rings (SSSR count). The Labute approximate surface area is 157 Å². The van der Waals surface area contributed by atoms with Gasteiger partial charge >= 0.3 is 0 Å². The summed E-state index contributed by atoms with van der Waals surface area (Å²) in [6, 6.07) is 10.9. The summed E-state index contributed by atoms with van der Waals surface area (Å²) in [5, 5.41) is 2.76. The van der Waals surface area contributed by atoms with Crippen LogP contribution in [-0.4, -0.2) is 27.1 Å². The third-order valence-electron chi connectivity index (χ3n) is 3.82. The van der Waals surface area contributed by atoms with Gasteiger partial charge in [-0.05, 0) is 55.7 Å². The van der Waals surface area contributed by atoms with Gasteiger partial charge in [-0.2, -0.15) is 0 Å². The van der Waals surface area contributed by atoms with Crippen LogP contribution in [0.4, 0.5) is 11.4 Å². The van der Waals surface area contributed by atoms with Crippen molar-refractivity contribution in [1.82, 2.24) is 0 Å². The highest BCUT2D eigenvalue weighted by Gasteiger charge is 2.23. The highest BCUT2D eigenvalue weighted by molar-refractivity contribution is 9.10. The van der Waals surface area contributed by atoms with Gasteiger partial charge in [0.2, 0.25) is 15.9 Å². The lowest BCUT2D eigenvalue weighted by molar-refractivity contribution is -0.114. The fourth-order valence-electron chi connectivity index (χ4n) is 2.61. The maximum atomic E-state index is 12.4. The molecule has 1 amide bonds. The molecule has 0 atom stereocenters. The number of hydrogen-bond acceptors (Lipinski definition) is 3. The van der Waals surface area contributed by atoms with Gasteiger partial charge in [0.15, 0.2) is 0 Å². The number of nitrogens with zero attached hydrogens (tertiary/aromatic N) is 1. The van der Waals surface area contributed by atoms with Crippen molar-refractivity contribution in [3.05, 3.63) is 57.6 Å². The van der Waals surface area contributed by atoms with Gasteiger partial charge in [0.05, 0.1) is 11.9 Å². The molecule has 0 heterocycles. The van der Waals surface area contributed by atoms with Crippen molar-refractivity contribution >= 4 is 43.2 Å². The molecule has 0 aliphatic heterocycles. The maximum Gasteiger partial charge on any atom is 0.245 e. The Hall–Kier alpha value is -1.86. The van der Waals surface area contributed by atoms with E-state index in [1.807, 2.05) is 51.1 Å². The number of nitrogens with one attached hydrogen (secondary N) is 1. The van der Waals surface area contributed by atoms with Crippen molar-refractivity contribution in [3.8, 4) is 0 Å². The fourth-order valence-corrected chi connectivity index (χ4v) is 3.83. The van der Waals surface area contributed by atoms with Crippen LogP contribution < -0.4 is 9.62 Å². The zero-order valence-electron chi connectivity index (χ0n) is 14.6. The summed E-state index contributed by atoms with van der Waals surface area (Å²) in [5.41, 5.74) is 3.76. The summed E-state index contributed by atoms with van der Waals surface area (Å²) >= 11 is 3.41. The normalized spacial score (nSPS) is 11.2. The summed E-state index contributed by atoms with van der Waals surface area (Å²) in [4.78, 5) is 12.4. The van der Waals surface area contributed by atoms with Gasteiger partial charge in [0.1, 0.15) is 6.54 Å². The van der Waals surface area contributed by atoms with E-state index >= 15 is 0 Å². The van der Waals surface area contributed by atoms with Crippen molar-refractivity contribution in [1.29, 1.82) is 0 Å². The van der Waals surface area contributed by atoms with Crippen LogP contribution >= 0.6 is 15.9 Å². The standard InChI is InChI=1S/C18H21BrN2O3S/c1-12-6-5-7-13(2)18(12)21(25(4,23)24)11-17(22)20-15-8-9-16(19)14(3)10-15/h5-10H,11H2,1-4H3,(H,20,22). The van der Waals surface area contributed by atoms with Crippen molar-refractivity contribution in [2.75, 3.05) is 22.4 Å². The SMILES string of the molecule is Cc1cc(NC(=O)CN(c2c(C)cccc2C)S(C)(=O)=O)ccc1Br. The monoisotopic (exact) mass is 424 g/mol. The third-order valence-corrected chi connectivity index (χ3v) is 5.82. The number of aryl methyl sites for hydroxylation is 3. The Morgan fingerprint density at radius 2 is 1.68 bits per heavy atom. The molecular formula is C18H21BrN2O3S. The highest BCUT2D eigenvalue weighted by Crippen LogP contribution is 2.27. The Bertz CT molecular complexity index is 890. The van der Waals surface area contributed by atoms with Gasteiger partial charge in [-0.15, -0.1) is 0 Å². The molecule has 0 bridgehead atoms. The summed E-state index contributed by atoms with van der Waals surface area (Å²) in [5.74, 6) is -0.394. The Kier molecular flexibility index (Phi) is 5.90. The molecule has 5 nitrogen and oxygen atoms in total. The van der Waals surface area contributed by atoms with Gasteiger partial charge in [-0.3, -0.25) is 9.10 Å². The van der Waals surface area contributed by atoms with Crippen molar-refractivity contribution < 1.29 is 13.2 Å².